The number of ether oxygens (including phenoxy) is 2. The maximum atomic E-state index is 11.3. The van der Waals surface area contributed by atoms with Crippen LogP contribution in [0.25, 0.3) is 0 Å². The highest BCUT2D eigenvalue weighted by molar-refractivity contribution is 9.09. The number of hydrogen-bond acceptors (Lipinski definition) is 3. The Morgan fingerprint density at radius 2 is 2.12 bits per heavy atom. The van der Waals surface area contributed by atoms with Crippen molar-refractivity contribution >= 4 is 21.8 Å². The molecule has 0 spiro atoms. The summed E-state index contributed by atoms with van der Waals surface area (Å²) in [6, 6.07) is 5.42. The average Bonchev–Trinajstić information content (AvgIpc) is 2.37. The van der Waals surface area contributed by atoms with Gasteiger partial charge in [0.25, 0.3) is 0 Å². The fourth-order valence-corrected chi connectivity index (χ4v) is 1.70. The van der Waals surface area contributed by atoms with Crippen molar-refractivity contribution < 1.29 is 14.3 Å². The molecule has 0 aliphatic rings. The fourth-order valence-electron chi connectivity index (χ4n) is 1.53. The third-order valence-corrected chi connectivity index (χ3v) is 2.92. The lowest BCUT2D eigenvalue weighted by Gasteiger charge is -2.17. The zero-order valence-corrected chi connectivity index (χ0v) is 11.7. The predicted molar refractivity (Wildman–Crippen MR) is 69.9 cm³/mol. The third-order valence-electron chi connectivity index (χ3n) is 2.41. The summed E-state index contributed by atoms with van der Waals surface area (Å²) in [6.07, 6.45) is 0. The topological polar surface area (TPSA) is 47.6 Å². The summed E-state index contributed by atoms with van der Waals surface area (Å²) >= 11 is 3.11. The normalized spacial score (nSPS) is 11.8. The maximum absolute atomic E-state index is 11.3. The first kappa shape index (κ1) is 13.8. The molecule has 1 aromatic rings. The first-order valence-electron chi connectivity index (χ1n) is 5.19. The van der Waals surface area contributed by atoms with Crippen molar-refractivity contribution in [2.45, 2.75) is 13.0 Å². The van der Waals surface area contributed by atoms with Crippen LogP contribution in [-0.4, -0.2) is 25.5 Å². The number of methoxy groups -OCH3 is 2. The molecule has 0 saturated carbocycles. The quantitative estimate of drug-likeness (QED) is 0.849. The van der Waals surface area contributed by atoms with Gasteiger partial charge in [-0.1, -0.05) is 15.9 Å². The monoisotopic (exact) mass is 301 g/mol. The van der Waals surface area contributed by atoms with Crippen LogP contribution in [0.1, 0.15) is 18.5 Å². The molecule has 0 saturated heterocycles. The molecule has 17 heavy (non-hydrogen) atoms. The SMILES string of the molecule is COc1ccc(C(C)NC(=O)CBr)c(OC)c1. The number of halogens is 1. The van der Waals surface area contributed by atoms with Crippen molar-refractivity contribution in [1.82, 2.24) is 5.32 Å². The fraction of sp³-hybridized carbons (Fsp3) is 0.417. The van der Waals surface area contributed by atoms with Crippen molar-refractivity contribution in [3.8, 4) is 11.5 Å². The first-order chi connectivity index (χ1) is 8.12. The molecule has 4 nitrogen and oxygen atoms in total. The molecule has 94 valence electrons. The van der Waals surface area contributed by atoms with Crippen molar-refractivity contribution in [3.63, 3.8) is 0 Å². The predicted octanol–water partition coefficient (Wildman–Crippen LogP) is 2.28. The second kappa shape index (κ2) is 6.49. The number of alkyl halides is 1. The van der Waals surface area contributed by atoms with E-state index in [9.17, 15) is 4.79 Å². The molecule has 0 aliphatic carbocycles. The number of carbonyl (C=O) groups excluding carboxylic acids is 1. The number of rotatable bonds is 5. The van der Waals surface area contributed by atoms with E-state index in [1.165, 1.54) is 0 Å². The summed E-state index contributed by atoms with van der Waals surface area (Å²) in [6.45, 7) is 1.91. The largest absolute Gasteiger partial charge is 0.497 e. The second-order valence-electron chi connectivity index (χ2n) is 3.53. The highest BCUT2D eigenvalue weighted by Crippen LogP contribution is 2.29. The Bertz CT molecular complexity index is 395. The van der Waals surface area contributed by atoms with Gasteiger partial charge in [0.2, 0.25) is 5.91 Å². The molecule has 0 radical (unpaired) electrons. The van der Waals surface area contributed by atoms with Gasteiger partial charge >= 0.3 is 0 Å². The third kappa shape index (κ3) is 3.63. The summed E-state index contributed by atoms with van der Waals surface area (Å²) < 4.78 is 10.4. The van der Waals surface area contributed by atoms with Crippen molar-refractivity contribution in [2.24, 2.45) is 0 Å². The van der Waals surface area contributed by atoms with Crippen molar-refractivity contribution in [3.05, 3.63) is 23.8 Å². The lowest BCUT2D eigenvalue weighted by atomic mass is 10.1. The highest BCUT2D eigenvalue weighted by atomic mass is 79.9. The molecular formula is C12H16BrNO3. The minimum absolute atomic E-state index is 0.0598. The number of nitrogens with one attached hydrogen (secondary N) is 1. The molecule has 0 fully saturated rings. The van der Waals surface area contributed by atoms with Crippen LogP contribution in [0.5, 0.6) is 11.5 Å². The van der Waals surface area contributed by atoms with Crippen LogP contribution in [0, 0.1) is 0 Å². The minimum atomic E-state index is -0.110. The molecule has 1 atom stereocenters. The molecule has 1 amide bonds. The molecule has 0 aromatic heterocycles. The Balaban J connectivity index is 2.92. The Labute approximate surface area is 109 Å². The van der Waals surface area contributed by atoms with Crippen LogP contribution in [0.3, 0.4) is 0 Å². The highest BCUT2D eigenvalue weighted by Gasteiger charge is 2.14. The van der Waals surface area contributed by atoms with Gasteiger partial charge in [-0.25, -0.2) is 0 Å². The summed E-state index contributed by atoms with van der Waals surface area (Å²) in [5.41, 5.74) is 0.919. The summed E-state index contributed by atoms with van der Waals surface area (Å²) in [4.78, 5) is 11.3. The lowest BCUT2D eigenvalue weighted by molar-refractivity contribution is -0.119. The van der Waals surface area contributed by atoms with Crippen LogP contribution >= 0.6 is 15.9 Å². The summed E-state index contributed by atoms with van der Waals surface area (Å²) in [5.74, 6) is 1.37. The first-order valence-corrected chi connectivity index (χ1v) is 6.31. The van der Waals surface area contributed by atoms with Crippen LogP contribution in [0.15, 0.2) is 18.2 Å². The van der Waals surface area contributed by atoms with Gasteiger partial charge in [0.15, 0.2) is 0 Å². The summed E-state index contributed by atoms with van der Waals surface area (Å²) in [5, 5.41) is 3.14. The Kier molecular flexibility index (Phi) is 5.28. The zero-order chi connectivity index (χ0) is 12.8. The molecule has 5 heteroatoms. The van der Waals surface area contributed by atoms with Gasteiger partial charge in [-0.15, -0.1) is 0 Å². The van der Waals surface area contributed by atoms with E-state index in [1.807, 2.05) is 19.1 Å². The van der Waals surface area contributed by atoms with Gasteiger partial charge in [0, 0.05) is 11.6 Å². The van der Waals surface area contributed by atoms with E-state index in [-0.39, 0.29) is 17.3 Å². The molecule has 1 aromatic carbocycles. The van der Waals surface area contributed by atoms with Crippen LogP contribution < -0.4 is 14.8 Å². The number of hydrogen-bond donors (Lipinski definition) is 1. The molecular weight excluding hydrogens is 286 g/mol. The van der Waals surface area contributed by atoms with Gasteiger partial charge in [-0.3, -0.25) is 4.79 Å². The van der Waals surface area contributed by atoms with Gasteiger partial charge in [0.05, 0.1) is 25.6 Å². The van der Waals surface area contributed by atoms with Crippen molar-refractivity contribution in [1.29, 1.82) is 0 Å². The van der Waals surface area contributed by atoms with E-state index < -0.39 is 0 Å². The molecule has 0 bridgehead atoms. The molecule has 1 rings (SSSR count). The Hall–Kier alpha value is -1.23. The van der Waals surface area contributed by atoms with Crippen molar-refractivity contribution in [2.75, 3.05) is 19.5 Å². The summed E-state index contributed by atoms with van der Waals surface area (Å²) in [7, 11) is 3.20. The van der Waals surface area contributed by atoms with Gasteiger partial charge in [0.1, 0.15) is 11.5 Å². The van der Waals surface area contributed by atoms with E-state index in [2.05, 4.69) is 21.2 Å². The number of benzene rings is 1. The van der Waals surface area contributed by atoms with Crippen LogP contribution in [0.4, 0.5) is 0 Å². The standard InChI is InChI=1S/C12H16BrNO3/c1-8(14-12(15)7-13)10-5-4-9(16-2)6-11(10)17-3/h4-6,8H,7H2,1-3H3,(H,14,15). The Morgan fingerprint density at radius 1 is 1.41 bits per heavy atom. The molecule has 1 N–H and O–H groups in total. The molecule has 1 unspecified atom stereocenters. The number of carbonyl (C=O) groups is 1. The van der Waals surface area contributed by atoms with Crippen LogP contribution in [-0.2, 0) is 4.79 Å². The van der Waals surface area contributed by atoms with E-state index in [0.717, 1.165) is 11.3 Å². The zero-order valence-electron chi connectivity index (χ0n) is 10.1. The average molecular weight is 302 g/mol. The second-order valence-corrected chi connectivity index (χ2v) is 4.09. The van der Waals surface area contributed by atoms with E-state index >= 15 is 0 Å². The van der Waals surface area contributed by atoms with Gasteiger partial charge in [-0.2, -0.15) is 0 Å². The minimum Gasteiger partial charge on any atom is -0.497 e. The number of amides is 1. The molecule has 0 heterocycles. The Morgan fingerprint density at radius 3 is 2.65 bits per heavy atom. The van der Waals surface area contributed by atoms with Gasteiger partial charge in [-0.05, 0) is 19.1 Å². The maximum Gasteiger partial charge on any atom is 0.231 e. The lowest BCUT2D eigenvalue weighted by Crippen LogP contribution is -2.27. The van der Waals surface area contributed by atoms with E-state index in [4.69, 9.17) is 9.47 Å². The van der Waals surface area contributed by atoms with E-state index in [0.29, 0.717) is 5.75 Å². The van der Waals surface area contributed by atoms with Gasteiger partial charge < -0.3 is 14.8 Å². The smallest absolute Gasteiger partial charge is 0.231 e. The van der Waals surface area contributed by atoms with Crippen LogP contribution in [0.2, 0.25) is 0 Å². The van der Waals surface area contributed by atoms with E-state index in [1.54, 1.807) is 20.3 Å². The molecule has 0 aliphatic heterocycles.